The van der Waals surface area contributed by atoms with Gasteiger partial charge in [-0.3, -0.25) is 4.79 Å². The Bertz CT molecular complexity index is 548. The van der Waals surface area contributed by atoms with Crippen LogP contribution in [-0.4, -0.2) is 24.2 Å². The highest BCUT2D eigenvalue weighted by atomic mass is 16.2. The molecule has 1 aromatic carbocycles. The molecule has 0 heterocycles. The third-order valence-corrected chi connectivity index (χ3v) is 3.98. The average molecular weight is 285 g/mol. The Hall–Kier alpha value is -1.79. The van der Waals surface area contributed by atoms with Gasteiger partial charge in [0.25, 0.3) is 5.91 Å². The molecule has 112 valence electrons. The molecule has 21 heavy (non-hydrogen) atoms. The largest absolute Gasteiger partial charge is 0.395 e. The summed E-state index contributed by atoms with van der Waals surface area (Å²) in [5.41, 5.74) is 2.48. The smallest absolute Gasteiger partial charge is 0.251 e. The maximum Gasteiger partial charge on any atom is 0.251 e. The van der Waals surface area contributed by atoms with Gasteiger partial charge in [0.2, 0.25) is 0 Å². The number of aliphatic hydroxyl groups is 1. The summed E-state index contributed by atoms with van der Waals surface area (Å²) in [6, 6.07) is 5.67. The Morgan fingerprint density at radius 1 is 1.38 bits per heavy atom. The molecule has 1 saturated carbocycles. The van der Waals surface area contributed by atoms with Gasteiger partial charge < -0.3 is 10.4 Å². The average Bonchev–Trinajstić information content (AvgIpc) is 3.00. The van der Waals surface area contributed by atoms with Crippen molar-refractivity contribution in [2.75, 3.05) is 13.2 Å². The number of nitrogens with one attached hydrogen (secondary N) is 1. The molecule has 0 aromatic heterocycles. The third-order valence-electron chi connectivity index (χ3n) is 3.98. The van der Waals surface area contributed by atoms with E-state index in [2.05, 4.69) is 17.2 Å². The van der Waals surface area contributed by atoms with E-state index < -0.39 is 0 Å². The third kappa shape index (κ3) is 4.61. The normalized spacial score (nSPS) is 14.6. The zero-order valence-corrected chi connectivity index (χ0v) is 12.6. The molecule has 2 rings (SSSR count). The van der Waals surface area contributed by atoms with Gasteiger partial charge in [-0.15, -0.1) is 0 Å². The Morgan fingerprint density at radius 3 is 2.86 bits per heavy atom. The summed E-state index contributed by atoms with van der Waals surface area (Å²) in [5, 5.41) is 11.8. The van der Waals surface area contributed by atoms with E-state index >= 15 is 0 Å². The van der Waals surface area contributed by atoms with Crippen molar-refractivity contribution in [1.82, 2.24) is 5.32 Å². The van der Waals surface area contributed by atoms with Crippen molar-refractivity contribution in [3.05, 3.63) is 34.9 Å². The highest BCUT2D eigenvalue weighted by molar-refractivity contribution is 5.96. The zero-order chi connectivity index (χ0) is 15.1. The number of rotatable bonds is 4. The van der Waals surface area contributed by atoms with Crippen LogP contribution in [0.1, 0.15) is 53.6 Å². The summed E-state index contributed by atoms with van der Waals surface area (Å²) < 4.78 is 0. The van der Waals surface area contributed by atoms with Gasteiger partial charge in [-0.25, -0.2) is 0 Å². The number of benzene rings is 1. The van der Waals surface area contributed by atoms with Gasteiger partial charge in [0.05, 0.1) is 6.61 Å². The second-order valence-electron chi connectivity index (χ2n) is 5.67. The summed E-state index contributed by atoms with van der Waals surface area (Å²) in [7, 11) is 0. The predicted octanol–water partition coefficient (Wildman–Crippen LogP) is 2.65. The molecule has 0 aliphatic heterocycles. The summed E-state index contributed by atoms with van der Waals surface area (Å²) in [6.45, 7) is 2.78. The lowest BCUT2D eigenvalue weighted by atomic mass is 10.0. The van der Waals surface area contributed by atoms with Gasteiger partial charge >= 0.3 is 0 Å². The molecule has 2 N–H and O–H groups in total. The van der Waals surface area contributed by atoms with Crippen molar-refractivity contribution >= 4 is 5.91 Å². The molecule has 0 radical (unpaired) electrons. The molecule has 3 heteroatoms. The molecule has 0 unspecified atom stereocenters. The molecule has 0 spiro atoms. The van der Waals surface area contributed by atoms with Crippen LogP contribution in [0.25, 0.3) is 0 Å². The fourth-order valence-corrected chi connectivity index (χ4v) is 2.71. The van der Waals surface area contributed by atoms with E-state index in [0.29, 0.717) is 17.9 Å². The van der Waals surface area contributed by atoms with Gasteiger partial charge in [-0.2, -0.15) is 0 Å². The zero-order valence-electron chi connectivity index (χ0n) is 12.6. The topological polar surface area (TPSA) is 49.3 Å². The predicted molar refractivity (Wildman–Crippen MR) is 84.1 cm³/mol. The number of aryl methyl sites for hydroxylation is 1. The monoisotopic (exact) mass is 285 g/mol. The van der Waals surface area contributed by atoms with Crippen molar-refractivity contribution in [1.29, 1.82) is 0 Å². The van der Waals surface area contributed by atoms with E-state index in [-0.39, 0.29) is 12.5 Å². The first kappa shape index (κ1) is 15.6. The van der Waals surface area contributed by atoms with Gasteiger partial charge in [0.1, 0.15) is 0 Å². The van der Waals surface area contributed by atoms with Crippen molar-refractivity contribution in [2.24, 2.45) is 5.92 Å². The lowest BCUT2D eigenvalue weighted by Gasteiger charge is -2.12. The van der Waals surface area contributed by atoms with Crippen molar-refractivity contribution in [3.8, 4) is 11.8 Å². The van der Waals surface area contributed by atoms with Crippen LogP contribution in [0, 0.1) is 24.7 Å². The summed E-state index contributed by atoms with van der Waals surface area (Å²) >= 11 is 0. The molecule has 0 bridgehead atoms. The van der Waals surface area contributed by atoms with Crippen LogP contribution in [0.4, 0.5) is 0 Å². The van der Waals surface area contributed by atoms with Crippen molar-refractivity contribution < 1.29 is 9.90 Å². The first-order valence-corrected chi connectivity index (χ1v) is 7.69. The number of hydrogen-bond donors (Lipinski definition) is 2. The Balaban J connectivity index is 2.01. The van der Waals surface area contributed by atoms with Crippen LogP contribution in [0.2, 0.25) is 0 Å². The van der Waals surface area contributed by atoms with Crippen LogP contribution >= 0.6 is 0 Å². The molecule has 1 fully saturated rings. The Kier molecular flexibility index (Phi) is 5.83. The molecule has 3 nitrogen and oxygen atoms in total. The minimum atomic E-state index is -0.00907. The second-order valence-corrected chi connectivity index (χ2v) is 5.67. The van der Waals surface area contributed by atoms with E-state index in [4.69, 9.17) is 5.11 Å². The first-order valence-electron chi connectivity index (χ1n) is 7.69. The van der Waals surface area contributed by atoms with E-state index in [9.17, 15) is 4.79 Å². The molecule has 1 aliphatic rings. The Morgan fingerprint density at radius 2 is 2.14 bits per heavy atom. The van der Waals surface area contributed by atoms with Crippen LogP contribution in [0.3, 0.4) is 0 Å². The fourth-order valence-electron chi connectivity index (χ4n) is 2.71. The molecule has 1 aliphatic carbocycles. The number of hydrogen-bond acceptors (Lipinski definition) is 2. The van der Waals surface area contributed by atoms with Crippen molar-refractivity contribution in [3.63, 3.8) is 0 Å². The number of amides is 1. The van der Waals surface area contributed by atoms with Gasteiger partial charge in [0.15, 0.2) is 0 Å². The minimum absolute atomic E-state index is 0.00907. The lowest BCUT2D eigenvalue weighted by molar-refractivity contribution is 0.0946. The molecule has 0 saturated heterocycles. The van der Waals surface area contributed by atoms with Crippen LogP contribution in [0.5, 0.6) is 0 Å². The van der Waals surface area contributed by atoms with Gasteiger partial charge in [-0.05, 0) is 43.4 Å². The van der Waals surface area contributed by atoms with Crippen molar-refractivity contribution in [2.45, 2.75) is 39.0 Å². The summed E-state index contributed by atoms with van der Waals surface area (Å²) in [4.78, 5) is 12.3. The maximum atomic E-state index is 12.3. The highest BCUT2D eigenvalue weighted by Crippen LogP contribution is 2.23. The summed E-state index contributed by atoms with van der Waals surface area (Å²) in [5.74, 6) is 6.49. The molecule has 1 aromatic rings. The standard InChI is InChI=1S/C18H23NO2/c1-14-9-10-15(6-4-5-11-20)12-17(14)18(21)19-13-16-7-2-3-8-16/h9-10,12,16,20H,2-3,5,7-8,11,13H2,1H3,(H,19,21). The highest BCUT2D eigenvalue weighted by Gasteiger charge is 2.16. The van der Waals surface area contributed by atoms with Gasteiger partial charge in [-0.1, -0.05) is 30.7 Å². The molecular formula is C18H23NO2. The van der Waals surface area contributed by atoms with Gasteiger partial charge in [0, 0.05) is 24.1 Å². The molecular weight excluding hydrogens is 262 g/mol. The number of carbonyl (C=O) groups is 1. The number of aliphatic hydroxyl groups excluding tert-OH is 1. The summed E-state index contributed by atoms with van der Waals surface area (Å²) in [6.07, 6.45) is 5.49. The van der Waals surface area contributed by atoms with Crippen LogP contribution in [-0.2, 0) is 0 Å². The molecule has 1 amide bonds. The Labute approximate surface area is 126 Å². The lowest BCUT2D eigenvalue weighted by Crippen LogP contribution is -2.28. The maximum absolute atomic E-state index is 12.3. The first-order chi connectivity index (χ1) is 10.2. The van der Waals surface area contributed by atoms with Crippen LogP contribution in [0.15, 0.2) is 18.2 Å². The quantitative estimate of drug-likeness (QED) is 0.836. The minimum Gasteiger partial charge on any atom is -0.395 e. The number of carbonyl (C=O) groups excluding carboxylic acids is 1. The second kappa shape index (κ2) is 7.85. The van der Waals surface area contributed by atoms with Crippen LogP contribution < -0.4 is 5.32 Å². The van der Waals surface area contributed by atoms with E-state index in [0.717, 1.165) is 17.7 Å². The van der Waals surface area contributed by atoms with E-state index in [1.54, 1.807) is 0 Å². The molecule has 0 atom stereocenters. The fraction of sp³-hybridized carbons (Fsp3) is 0.500. The van der Waals surface area contributed by atoms with E-state index in [1.165, 1.54) is 25.7 Å². The van der Waals surface area contributed by atoms with E-state index in [1.807, 2.05) is 25.1 Å². The SMILES string of the molecule is Cc1ccc(C#CCCO)cc1C(=O)NCC1CCCC1.